The number of fused-ring (bicyclic) bond motifs is 1. The van der Waals surface area contributed by atoms with E-state index in [4.69, 9.17) is 5.73 Å². The number of aryl methyl sites for hydroxylation is 1. The first kappa shape index (κ1) is 12.5. The number of aromatic nitrogens is 2. The molecule has 0 aliphatic heterocycles. The molecule has 19 heavy (non-hydrogen) atoms. The van der Waals surface area contributed by atoms with Gasteiger partial charge in [0.2, 0.25) is 5.95 Å². The lowest BCUT2D eigenvalue weighted by Gasteiger charge is -2.09. The fourth-order valence-electron chi connectivity index (χ4n) is 2.25. The van der Waals surface area contributed by atoms with Crippen LogP contribution in [0, 0.1) is 10.5 Å². The van der Waals surface area contributed by atoms with Gasteiger partial charge in [-0.15, -0.1) is 0 Å². The number of hydrogen-bond donors (Lipinski definition) is 1. The number of halogens is 1. The summed E-state index contributed by atoms with van der Waals surface area (Å²) in [7, 11) is 0. The molecule has 0 unspecified atom stereocenters. The summed E-state index contributed by atoms with van der Waals surface area (Å²) in [5, 5.41) is 0. The summed E-state index contributed by atoms with van der Waals surface area (Å²) >= 11 is 2.29. The van der Waals surface area contributed by atoms with Crippen LogP contribution in [0.15, 0.2) is 42.5 Å². The largest absolute Gasteiger partial charge is 0.369 e. The Hall–Kier alpha value is -1.56. The molecule has 3 rings (SSSR count). The molecule has 2 N–H and O–H groups in total. The van der Waals surface area contributed by atoms with Gasteiger partial charge in [-0.25, -0.2) is 4.98 Å². The van der Waals surface area contributed by atoms with E-state index in [2.05, 4.69) is 81.5 Å². The Balaban J connectivity index is 2.10. The third-order valence-electron chi connectivity index (χ3n) is 3.33. The molecular weight excluding hydrogens is 349 g/mol. The highest BCUT2D eigenvalue weighted by Crippen LogP contribution is 2.22. The molecule has 4 heteroatoms. The Morgan fingerprint density at radius 2 is 2.00 bits per heavy atom. The van der Waals surface area contributed by atoms with Crippen molar-refractivity contribution in [3.63, 3.8) is 0 Å². The number of benzene rings is 2. The van der Waals surface area contributed by atoms with E-state index in [1.165, 1.54) is 14.7 Å². The van der Waals surface area contributed by atoms with Crippen LogP contribution in [-0.2, 0) is 6.54 Å². The molecule has 0 spiro atoms. The second kappa shape index (κ2) is 4.85. The van der Waals surface area contributed by atoms with Crippen molar-refractivity contribution < 1.29 is 0 Å². The summed E-state index contributed by atoms with van der Waals surface area (Å²) in [6, 6.07) is 14.6. The number of hydrogen-bond acceptors (Lipinski definition) is 2. The fourth-order valence-corrected chi connectivity index (χ4v) is 2.72. The summed E-state index contributed by atoms with van der Waals surface area (Å²) in [5.41, 5.74) is 10.6. The molecule has 0 aliphatic rings. The number of nitrogen functional groups attached to an aromatic ring is 1. The van der Waals surface area contributed by atoms with Gasteiger partial charge in [0.25, 0.3) is 0 Å². The van der Waals surface area contributed by atoms with Crippen molar-refractivity contribution in [1.29, 1.82) is 0 Å². The van der Waals surface area contributed by atoms with Gasteiger partial charge >= 0.3 is 0 Å². The van der Waals surface area contributed by atoms with Crippen molar-refractivity contribution in [2.24, 2.45) is 0 Å². The molecule has 0 bridgehead atoms. The van der Waals surface area contributed by atoms with Crippen LogP contribution < -0.4 is 5.73 Å². The van der Waals surface area contributed by atoms with Crippen LogP contribution in [0.5, 0.6) is 0 Å². The molecule has 0 atom stereocenters. The van der Waals surface area contributed by atoms with Gasteiger partial charge in [0.1, 0.15) is 0 Å². The number of imidazole rings is 1. The van der Waals surface area contributed by atoms with E-state index in [9.17, 15) is 0 Å². The highest BCUT2D eigenvalue weighted by Gasteiger charge is 2.09. The van der Waals surface area contributed by atoms with E-state index in [-0.39, 0.29) is 0 Å². The van der Waals surface area contributed by atoms with Gasteiger partial charge in [-0.05, 0) is 58.8 Å². The molecule has 0 amide bonds. The predicted octanol–water partition coefficient (Wildman–Crippen LogP) is 3.58. The Bertz CT molecular complexity index is 746. The molecule has 1 aromatic heterocycles. The molecule has 0 radical (unpaired) electrons. The van der Waals surface area contributed by atoms with Crippen molar-refractivity contribution in [3.05, 3.63) is 57.2 Å². The van der Waals surface area contributed by atoms with Gasteiger partial charge in [0.05, 0.1) is 17.6 Å². The molecule has 2 aromatic carbocycles. The van der Waals surface area contributed by atoms with Gasteiger partial charge in [-0.1, -0.05) is 24.3 Å². The van der Waals surface area contributed by atoms with Gasteiger partial charge < -0.3 is 10.3 Å². The minimum Gasteiger partial charge on any atom is -0.369 e. The van der Waals surface area contributed by atoms with Crippen LogP contribution in [0.2, 0.25) is 0 Å². The number of rotatable bonds is 2. The first-order valence-corrected chi connectivity index (χ1v) is 7.19. The van der Waals surface area contributed by atoms with Gasteiger partial charge in [-0.2, -0.15) is 0 Å². The van der Waals surface area contributed by atoms with E-state index in [1.54, 1.807) is 0 Å². The lowest BCUT2D eigenvalue weighted by molar-refractivity contribution is 0.832. The van der Waals surface area contributed by atoms with E-state index in [0.29, 0.717) is 5.95 Å². The predicted molar refractivity (Wildman–Crippen MR) is 87.1 cm³/mol. The smallest absolute Gasteiger partial charge is 0.201 e. The average Bonchev–Trinajstić information content (AvgIpc) is 2.68. The Kier molecular flexibility index (Phi) is 3.18. The van der Waals surface area contributed by atoms with Gasteiger partial charge in [0.15, 0.2) is 0 Å². The van der Waals surface area contributed by atoms with Crippen LogP contribution in [-0.4, -0.2) is 9.55 Å². The lowest BCUT2D eigenvalue weighted by Crippen LogP contribution is -2.05. The first-order chi connectivity index (χ1) is 9.15. The normalized spacial score (nSPS) is 11.1. The third-order valence-corrected chi connectivity index (χ3v) is 4.00. The van der Waals surface area contributed by atoms with Crippen LogP contribution in [0.3, 0.4) is 0 Å². The zero-order chi connectivity index (χ0) is 13.4. The Labute approximate surface area is 125 Å². The van der Waals surface area contributed by atoms with Gasteiger partial charge in [0, 0.05) is 3.57 Å². The van der Waals surface area contributed by atoms with E-state index < -0.39 is 0 Å². The summed E-state index contributed by atoms with van der Waals surface area (Å²) in [5.74, 6) is 0.570. The molecule has 0 aliphatic carbocycles. The number of nitrogens with two attached hydrogens (primary N) is 1. The second-order valence-electron chi connectivity index (χ2n) is 4.62. The third kappa shape index (κ3) is 2.32. The summed E-state index contributed by atoms with van der Waals surface area (Å²) < 4.78 is 3.24. The van der Waals surface area contributed by atoms with Crippen molar-refractivity contribution in [1.82, 2.24) is 9.55 Å². The highest BCUT2D eigenvalue weighted by molar-refractivity contribution is 14.1. The standard InChI is InChI=1S/C15H14IN3/c1-10-4-2-3-5-11(10)9-19-14-7-6-12(16)8-13(14)18-15(19)17/h2-8H,9H2,1H3,(H2,17,18). The van der Waals surface area contributed by atoms with Crippen LogP contribution in [0.1, 0.15) is 11.1 Å². The minimum absolute atomic E-state index is 0.570. The zero-order valence-corrected chi connectivity index (χ0v) is 12.8. The topological polar surface area (TPSA) is 43.8 Å². The summed E-state index contributed by atoms with van der Waals surface area (Å²) in [6.45, 7) is 2.88. The molecule has 3 aromatic rings. The van der Waals surface area contributed by atoms with Gasteiger partial charge in [-0.3, -0.25) is 0 Å². The maximum atomic E-state index is 6.05. The SMILES string of the molecule is Cc1ccccc1Cn1c(N)nc2cc(I)ccc21. The van der Waals surface area contributed by atoms with Crippen LogP contribution >= 0.6 is 22.6 Å². The van der Waals surface area contributed by atoms with E-state index in [0.717, 1.165) is 17.6 Å². The quantitative estimate of drug-likeness (QED) is 0.708. The fraction of sp³-hybridized carbons (Fsp3) is 0.133. The van der Waals surface area contributed by atoms with Crippen LogP contribution in [0.25, 0.3) is 11.0 Å². The molecule has 96 valence electrons. The summed E-state index contributed by atoms with van der Waals surface area (Å²) in [6.07, 6.45) is 0. The first-order valence-electron chi connectivity index (χ1n) is 6.11. The van der Waals surface area contributed by atoms with Crippen molar-refractivity contribution >= 4 is 39.6 Å². The van der Waals surface area contributed by atoms with E-state index in [1.807, 2.05) is 0 Å². The second-order valence-corrected chi connectivity index (χ2v) is 5.86. The maximum Gasteiger partial charge on any atom is 0.201 e. The Morgan fingerprint density at radius 3 is 2.79 bits per heavy atom. The zero-order valence-electron chi connectivity index (χ0n) is 10.6. The van der Waals surface area contributed by atoms with E-state index >= 15 is 0 Å². The average molecular weight is 363 g/mol. The molecular formula is C15H14IN3. The number of anilines is 1. The molecule has 0 saturated carbocycles. The maximum absolute atomic E-state index is 6.05. The molecule has 3 nitrogen and oxygen atoms in total. The Morgan fingerprint density at radius 1 is 1.21 bits per heavy atom. The van der Waals surface area contributed by atoms with Crippen LogP contribution in [0.4, 0.5) is 5.95 Å². The van der Waals surface area contributed by atoms with Crippen molar-refractivity contribution in [2.45, 2.75) is 13.5 Å². The number of nitrogens with zero attached hydrogens (tertiary/aromatic N) is 2. The van der Waals surface area contributed by atoms with Crippen molar-refractivity contribution in [2.75, 3.05) is 5.73 Å². The van der Waals surface area contributed by atoms with Crippen molar-refractivity contribution in [3.8, 4) is 0 Å². The molecule has 1 heterocycles. The summed E-state index contributed by atoms with van der Waals surface area (Å²) in [4.78, 5) is 4.44. The highest BCUT2D eigenvalue weighted by atomic mass is 127. The monoisotopic (exact) mass is 363 g/mol. The molecule has 0 fully saturated rings. The molecule has 0 saturated heterocycles. The lowest BCUT2D eigenvalue weighted by atomic mass is 10.1. The minimum atomic E-state index is 0.570.